The van der Waals surface area contributed by atoms with Crippen LogP contribution in [-0.2, 0) is 4.79 Å². The molecule has 4 nitrogen and oxygen atoms in total. The van der Waals surface area contributed by atoms with Crippen molar-refractivity contribution in [1.29, 1.82) is 0 Å². The van der Waals surface area contributed by atoms with Crippen molar-refractivity contribution in [2.75, 3.05) is 6.54 Å². The Morgan fingerprint density at radius 2 is 1.97 bits per heavy atom. The molecule has 29 heavy (non-hydrogen) atoms. The van der Waals surface area contributed by atoms with Gasteiger partial charge in [-0.05, 0) is 64.5 Å². The van der Waals surface area contributed by atoms with Crippen molar-refractivity contribution >= 4 is 39.4 Å². The van der Waals surface area contributed by atoms with E-state index in [1.54, 1.807) is 24.3 Å². The van der Waals surface area contributed by atoms with Crippen LogP contribution in [0.2, 0.25) is 5.02 Å². The third-order valence-corrected chi connectivity index (χ3v) is 6.06. The lowest BCUT2D eigenvalue weighted by Gasteiger charge is -2.14. The van der Waals surface area contributed by atoms with Crippen LogP contribution >= 0.6 is 27.5 Å². The highest BCUT2D eigenvalue weighted by atomic mass is 79.9. The van der Waals surface area contributed by atoms with Gasteiger partial charge in [0.25, 0.3) is 5.91 Å². The van der Waals surface area contributed by atoms with Crippen LogP contribution in [0.5, 0.6) is 5.75 Å². The van der Waals surface area contributed by atoms with E-state index < -0.39 is 5.97 Å². The van der Waals surface area contributed by atoms with Crippen LogP contribution in [0.25, 0.3) is 11.1 Å². The molecule has 1 amide bonds. The summed E-state index contributed by atoms with van der Waals surface area (Å²) in [7, 11) is 0. The minimum atomic E-state index is -0.432. The normalized spacial score (nSPS) is 14.0. The summed E-state index contributed by atoms with van der Waals surface area (Å²) < 4.78 is 5.94. The number of hydrogen-bond acceptors (Lipinski definition) is 3. The topological polar surface area (TPSA) is 55.4 Å². The van der Waals surface area contributed by atoms with Crippen molar-refractivity contribution in [3.05, 3.63) is 51.5 Å². The fourth-order valence-corrected chi connectivity index (χ4v) is 4.57. The van der Waals surface area contributed by atoms with E-state index in [0.29, 0.717) is 32.9 Å². The van der Waals surface area contributed by atoms with Crippen molar-refractivity contribution in [1.82, 2.24) is 5.32 Å². The fraction of sp³-hybridized carbons (Fsp3) is 0.391. The quantitative estimate of drug-likeness (QED) is 0.285. The van der Waals surface area contributed by atoms with Crippen LogP contribution in [0, 0.1) is 5.92 Å². The zero-order chi connectivity index (χ0) is 20.8. The Bertz CT molecular complexity index is 894. The Balaban J connectivity index is 1.77. The first-order valence-corrected chi connectivity index (χ1v) is 11.2. The van der Waals surface area contributed by atoms with Gasteiger partial charge in [-0.15, -0.1) is 0 Å². The molecule has 2 aromatic rings. The molecule has 0 aliphatic heterocycles. The molecule has 1 aliphatic rings. The summed E-state index contributed by atoms with van der Waals surface area (Å²) in [5, 5.41) is 3.57. The van der Waals surface area contributed by atoms with Gasteiger partial charge >= 0.3 is 5.97 Å². The fourth-order valence-electron chi connectivity index (χ4n) is 3.84. The van der Waals surface area contributed by atoms with E-state index >= 15 is 0 Å². The number of carbonyl (C=O) groups is 2. The van der Waals surface area contributed by atoms with Gasteiger partial charge in [0.15, 0.2) is 5.75 Å². The number of carbonyl (C=O) groups excluding carboxylic acids is 2. The highest BCUT2D eigenvalue weighted by molar-refractivity contribution is 9.10. The summed E-state index contributed by atoms with van der Waals surface area (Å²) in [6.45, 7) is 2.00. The van der Waals surface area contributed by atoms with E-state index in [4.69, 9.17) is 16.3 Å². The summed E-state index contributed by atoms with van der Waals surface area (Å²) in [5.74, 6) is 0.615. The molecule has 0 heterocycles. The molecule has 0 bridgehead atoms. The van der Waals surface area contributed by atoms with E-state index in [2.05, 4.69) is 21.2 Å². The number of hydrogen-bond donors (Lipinski definition) is 1. The van der Waals surface area contributed by atoms with Crippen molar-refractivity contribution in [2.45, 2.75) is 45.4 Å². The SMILES string of the molecule is CC(=O)Oc1c(Br)cc(C(=O)NCCCC2CCCC2)cc1-c1cccc(Cl)c1. The standard InChI is InChI=1S/C23H25BrClNO3/c1-15(27)29-22-20(17-9-4-10-19(25)12-17)13-18(14-21(22)24)23(28)26-11-5-8-16-6-2-3-7-16/h4,9-10,12-14,16H,2-3,5-8,11H2,1H3,(H,26,28). The molecule has 3 rings (SSSR count). The minimum absolute atomic E-state index is 0.144. The second kappa shape index (κ2) is 10.3. The Morgan fingerprint density at radius 3 is 2.66 bits per heavy atom. The van der Waals surface area contributed by atoms with Gasteiger partial charge in [0, 0.05) is 29.6 Å². The molecule has 0 aromatic heterocycles. The first-order valence-electron chi connectivity index (χ1n) is 10.00. The van der Waals surface area contributed by atoms with Gasteiger partial charge in [-0.3, -0.25) is 9.59 Å². The summed E-state index contributed by atoms with van der Waals surface area (Å²) >= 11 is 9.58. The van der Waals surface area contributed by atoms with Crippen LogP contribution in [0.3, 0.4) is 0 Å². The Labute approximate surface area is 185 Å². The van der Waals surface area contributed by atoms with Crippen molar-refractivity contribution in [2.24, 2.45) is 5.92 Å². The Kier molecular flexibility index (Phi) is 7.73. The number of halogens is 2. The van der Waals surface area contributed by atoms with Gasteiger partial charge in [-0.25, -0.2) is 0 Å². The molecule has 1 fully saturated rings. The average Bonchev–Trinajstić information content (AvgIpc) is 3.19. The lowest BCUT2D eigenvalue weighted by Crippen LogP contribution is -2.25. The highest BCUT2D eigenvalue weighted by Crippen LogP contribution is 2.38. The smallest absolute Gasteiger partial charge is 0.308 e. The Hall–Kier alpha value is -1.85. The molecule has 1 saturated carbocycles. The molecule has 1 N–H and O–H groups in total. The summed E-state index contributed by atoms with van der Waals surface area (Å²) in [6, 6.07) is 10.6. The molecule has 0 radical (unpaired) electrons. The van der Waals surface area contributed by atoms with Gasteiger partial charge in [0.1, 0.15) is 0 Å². The van der Waals surface area contributed by atoms with Gasteiger partial charge in [0.2, 0.25) is 0 Å². The summed E-state index contributed by atoms with van der Waals surface area (Å²) in [5.41, 5.74) is 1.90. The van der Waals surface area contributed by atoms with Crippen LogP contribution in [0.1, 0.15) is 55.8 Å². The molecule has 0 saturated heterocycles. The summed E-state index contributed by atoms with van der Waals surface area (Å²) in [6.07, 6.45) is 7.48. The molecule has 6 heteroatoms. The molecular formula is C23H25BrClNO3. The largest absolute Gasteiger partial charge is 0.425 e. The van der Waals surface area contributed by atoms with E-state index in [1.807, 2.05) is 12.1 Å². The van der Waals surface area contributed by atoms with Crippen LogP contribution < -0.4 is 10.1 Å². The maximum Gasteiger partial charge on any atom is 0.308 e. The van der Waals surface area contributed by atoms with Gasteiger partial charge in [-0.1, -0.05) is 49.4 Å². The highest BCUT2D eigenvalue weighted by Gasteiger charge is 2.18. The van der Waals surface area contributed by atoms with Crippen molar-refractivity contribution in [3.8, 4) is 16.9 Å². The van der Waals surface area contributed by atoms with Crippen molar-refractivity contribution in [3.63, 3.8) is 0 Å². The Morgan fingerprint density at radius 1 is 1.21 bits per heavy atom. The second-order valence-electron chi connectivity index (χ2n) is 7.49. The first kappa shape index (κ1) is 21.8. The molecule has 0 spiro atoms. The third kappa shape index (κ3) is 6.06. The number of nitrogens with one attached hydrogen (secondary N) is 1. The van der Waals surface area contributed by atoms with Gasteiger partial charge in [-0.2, -0.15) is 0 Å². The molecule has 2 aromatic carbocycles. The van der Waals surface area contributed by atoms with Crippen molar-refractivity contribution < 1.29 is 14.3 Å². The van der Waals surface area contributed by atoms with Crippen LogP contribution in [-0.4, -0.2) is 18.4 Å². The average molecular weight is 479 g/mol. The van der Waals surface area contributed by atoms with Crippen LogP contribution in [0.4, 0.5) is 0 Å². The number of ether oxygens (including phenoxy) is 1. The van der Waals surface area contributed by atoms with E-state index in [1.165, 1.54) is 39.0 Å². The van der Waals surface area contributed by atoms with E-state index in [-0.39, 0.29) is 5.91 Å². The van der Waals surface area contributed by atoms with Gasteiger partial charge in [0.05, 0.1) is 4.47 Å². The molecule has 154 valence electrons. The molecule has 0 atom stereocenters. The number of benzene rings is 2. The van der Waals surface area contributed by atoms with Crippen LogP contribution in [0.15, 0.2) is 40.9 Å². The maximum atomic E-state index is 12.7. The predicted molar refractivity (Wildman–Crippen MR) is 119 cm³/mol. The maximum absolute atomic E-state index is 12.7. The lowest BCUT2D eigenvalue weighted by molar-refractivity contribution is -0.131. The zero-order valence-corrected chi connectivity index (χ0v) is 18.8. The molecular weight excluding hydrogens is 454 g/mol. The zero-order valence-electron chi connectivity index (χ0n) is 16.5. The lowest BCUT2D eigenvalue weighted by atomic mass is 10.0. The molecule has 1 aliphatic carbocycles. The number of rotatable bonds is 7. The third-order valence-electron chi connectivity index (χ3n) is 5.24. The minimum Gasteiger partial charge on any atom is -0.425 e. The van der Waals surface area contributed by atoms with E-state index in [9.17, 15) is 9.59 Å². The van der Waals surface area contributed by atoms with Gasteiger partial charge < -0.3 is 10.1 Å². The molecule has 0 unspecified atom stereocenters. The summed E-state index contributed by atoms with van der Waals surface area (Å²) in [4.78, 5) is 24.3. The van der Waals surface area contributed by atoms with E-state index in [0.717, 1.165) is 17.9 Å². The first-order chi connectivity index (χ1) is 13.9. The second-order valence-corrected chi connectivity index (χ2v) is 8.78. The predicted octanol–water partition coefficient (Wildman–Crippen LogP) is 6.40. The number of esters is 1. The number of amides is 1. The monoisotopic (exact) mass is 477 g/mol.